The molecule has 4 rings (SSSR count). The van der Waals surface area contributed by atoms with Gasteiger partial charge in [0, 0.05) is 29.2 Å². The molecule has 12 heteroatoms. The lowest BCUT2D eigenvalue weighted by atomic mass is 10.1. The molecule has 0 spiro atoms. The number of allylic oxidation sites excluding steroid dienone is 2. The molecular formula is C23H26F6N6. The Labute approximate surface area is 198 Å². The van der Waals surface area contributed by atoms with E-state index >= 15 is 0 Å². The molecule has 0 saturated carbocycles. The lowest BCUT2D eigenvalue weighted by Gasteiger charge is -2.20. The zero-order valence-corrected chi connectivity index (χ0v) is 19.2. The number of nitrogens with one attached hydrogen (secondary N) is 3. The van der Waals surface area contributed by atoms with Crippen LogP contribution in [0.5, 0.6) is 0 Å². The molecule has 0 amide bonds. The maximum absolute atomic E-state index is 13.1. The average Bonchev–Trinajstić information content (AvgIpc) is 3.41. The van der Waals surface area contributed by atoms with Crippen molar-refractivity contribution >= 4 is 17.2 Å². The quantitative estimate of drug-likeness (QED) is 0.345. The van der Waals surface area contributed by atoms with Crippen molar-refractivity contribution in [3.8, 4) is 0 Å². The molecule has 0 saturated heterocycles. The van der Waals surface area contributed by atoms with Gasteiger partial charge in [-0.2, -0.15) is 31.4 Å². The van der Waals surface area contributed by atoms with Crippen LogP contribution in [0.2, 0.25) is 0 Å². The monoisotopic (exact) mass is 500 g/mol. The van der Waals surface area contributed by atoms with Gasteiger partial charge >= 0.3 is 12.4 Å². The molecule has 0 aromatic carbocycles. The topological polar surface area (TPSA) is 70.0 Å². The predicted molar refractivity (Wildman–Crippen MR) is 121 cm³/mol. The smallest absolute Gasteiger partial charge is 0.382 e. The fourth-order valence-corrected chi connectivity index (χ4v) is 3.76. The largest absolute Gasteiger partial charge is 0.434 e. The minimum atomic E-state index is -4.57. The van der Waals surface area contributed by atoms with Crippen LogP contribution in [0.15, 0.2) is 48.9 Å². The SMILES string of the molecule is C=C(NC1CCC=C(Nc2cccc3nc(C(F)(F)F)cn23)CC1)c1cn[nH]c1C(F)(F)F.CC. The molecule has 1 unspecified atom stereocenters. The van der Waals surface area contributed by atoms with E-state index in [1.807, 2.05) is 25.0 Å². The third-order valence-electron chi connectivity index (χ3n) is 5.37. The number of aromatic amines is 1. The highest BCUT2D eigenvalue weighted by atomic mass is 19.4. The van der Waals surface area contributed by atoms with Crippen LogP contribution in [0, 0.1) is 0 Å². The molecule has 0 radical (unpaired) electrons. The average molecular weight is 500 g/mol. The van der Waals surface area contributed by atoms with E-state index in [0.717, 1.165) is 18.1 Å². The molecule has 0 aliphatic heterocycles. The number of rotatable bonds is 5. The van der Waals surface area contributed by atoms with Gasteiger partial charge in [-0.15, -0.1) is 0 Å². The Kier molecular flexibility index (Phi) is 7.81. The lowest BCUT2D eigenvalue weighted by molar-refractivity contribution is -0.141. The van der Waals surface area contributed by atoms with Crippen molar-refractivity contribution in [2.45, 2.75) is 57.9 Å². The normalized spacial score (nSPS) is 16.7. The highest BCUT2D eigenvalue weighted by molar-refractivity contribution is 5.63. The summed E-state index contributed by atoms with van der Waals surface area (Å²) >= 11 is 0. The third-order valence-corrected chi connectivity index (χ3v) is 5.37. The van der Waals surface area contributed by atoms with Gasteiger partial charge in [0.1, 0.15) is 17.2 Å². The third kappa shape index (κ3) is 6.17. The number of H-pyrrole nitrogens is 1. The molecule has 3 aromatic rings. The second-order valence-electron chi connectivity index (χ2n) is 7.71. The Morgan fingerprint density at radius 3 is 2.54 bits per heavy atom. The molecule has 3 N–H and O–H groups in total. The first-order valence-corrected chi connectivity index (χ1v) is 11.1. The fourth-order valence-electron chi connectivity index (χ4n) is 3.76. The van der Waals surface area contributed by atoms with E-state index < -0.39 is 23.7 Å². The van der Waals surface area contributed by atoms with Crippen LogP contribution < -0.4 is 10.6 Å². The molecule has 1 aliphatic rings. The van der Waals surface area contributed by atoms with Gasteiger partial charge in [0.05, 0.1) is 6.20 Å². The van der Waals surface area contributed by atoms with Gasteiger partial charge in [-0.25, -0.2) is 4.98 Å². The highest BCUT2D eigenvalue weighted by Gasteiger charge is 2.36. The van der Waals surface area contributed by atoms with Gasteiger partial charge in [-0.1, -0.05) is 32.6 Å². The molecule has 6 nitrogen and oxygen atoms in total. The molecule has 3 aromatic heterocycles. The number of alkyl halides is 6. The summed E-state index contributed by atoms with van der Waals surface area (Å²) in [6, 6.07) is 4.61. The van der Waals surface area contributed by atoms with Crippen molar-refractivity contribution in [2.75, 3.05) is 5.32 Å². The molecule has 0 fully saturated rings. The number of imidazole rings is 1. The summed E-state index contributed by atoms with van der Waals surface area (Å²) in [5.41, 5.74) is -0.977. The number of halogens is 6. The van der Waals surface area contributed by atoms with Crippen molar-refractivity contribution in [3.05, 3.63) is 65.9 Å². The number of aromatic nitrogens is 4. The van der Waals surface area contributed by atoms with Gasteiger partial charge in [0.25, 0.3) is 0 Å². The predicted octanol–water partition coefficient (Wildman–Crippen LogP) is 6.62. The van der Waals surface area contributed by atoms with E-state index in [0.29, 0.717) is 31.5 Å². The lowest BCUT2D eigenvalue weighted by Crippen LogP contribution is -2.27. The van der Waals surface area contributed by atoms with Crippen LogP contribution in [0.1, 0.15) is 56.5 Å². The van der Waals surface area contributed by atoms with Gasteiger partial charge in [0.15, 0.2) is 5.69 Å². The Morgan fingerprint density at radius 2 is 1.86 bits per heavy atom. The molecule has 0 bridgehead atoms. The zero-order valence-electron chi connectivity index (χ0n) is 19.2. The second kappa shape index (κ2) is 10.4. The number of nitrogens with zero attached hydrogens (tertiary/aromatic N) is 3. The van der Waals surface area contributed by atoms with Gasteiger partial charge in [0.2, 0.25) is 0 Å². The van der Waals surface area contributed by atoms with E-state index in [1.54, 1.807) is 12.1 Å². The van der Waals surface area contributed by atoms with Crippen molar-refractivity contribution in [2.24, 2.45) is 0 Å². The van der Waals surface area contributed by atoms with Crippen molar-refractivity contribution in [1.82, 2.24) is 24.9 Å². The number of anilines is 1. The van der Waals surface area contributed by atoms with E-state index in [9.17, 15) is 26.3 Å². The molecule has 1 aliphatic carbocycles. The minimum absolute atomic E-state index is 0.125. The van der Waals surface area contributed by atoms with Crippen molar-refractivity contribution < 1.29 is 26.3 Å². The van der Waals surface area contributed by atoms with Crippen LogP contribution in [0.4, 0.5) is 32.2 Å². The van der Waals surface area contributed by atoms with E-state index in [4.69, 9.17) is 0 Å². The first-order valence-electron chi connectivity index (χ1n) is 11.1. The highest BCUT2D eigenvalue weighted by Crippen LogP contribution is 2.33. The summed E-state index contributed by atoms with van der Waals surface area (Å²) in [6.45, 7) is 7.73. The first-order chi connectivity index (χ1) is 16.5. The zero-order chi connectivity index (χ0) is 25.8. The first kappa shape index (κ1) is 26.2. The summed E-state index contributed by atoms with van der Waals surface area (Å²) in [7, 11) is 0. The Morgan fingerprint density at radius 1 is 1.11 bits per heavy atom. The Balaban J connectivity index is 0.00000167. The number of hydrogen-bond donors (Lipinski definition) is 3. The summed E-state index contributed by atoms with van der Waals surface area (Å²) < 4.78 is 79.7. The van der Waals surface area contributed by atoms with Gasteiger partial charge in [-0.05, 0) is 37.8 Å². The molecular weight excluding hydrogens is 474 g/mol. The van der Waals surface area contributed by atoms with E-state index in [2.05, 4.69) is 27.3 Å². The van der Waals surface area contributed by atoms with Gasteiger partial charge < -0.3 is 10.6 Å². The molecule has 3 heterocycles. The summed E-state index contributed by atoms with van der Waals surface area (Å²) in [4.78, 5) is 3.62. The van der Waals surface area contributed by atoms with Gasteiger partial charge in [-0.3, -0.25) is 9.50 Å². The summed E-state index contributed by atoms with van der Waals surface area (Å²) in [5.74, 6) is 0.436. The van der Waals surface area contributed by atoms with Crippen LogP contribution >= 0.6 is 0 Å². The van der Waals surface area contributed by atoms with Crippen molar-refractivity contribution in [1.29, 1.82) is 0 Å². The maximum atomic E-state index is 13.1. The Hall–Kier alpha value is -3.44. The Bertz CT molecular complexity index is 1190. The summed E-state index contributed by atoms with van der Waals surface area (Å²) in [5, 5.41) is 11.7. The van der Waals surface area contributed by atoms with Crippen LogP contribution in [-0.4, -0.2) is 25.6 Å². The van der Waals surface area contributed by atoms with E-state index in [-0.39, 0.29) is 22.9 Å². The standard InChI is InChI=1S/C21H20F6N6.C2H6/c1-12(15-10-28-32-19(15)21(25,26)27)29-13-4-2-5-14(9-8-13)30-17-6-3-7-18-31-16(11-33(17)18)20(22,23)24;1-2/h3,5-7,10-11,13,29-30H,1-2,4,8-9H2,(H,28,32);1-2H3. The number of fused-ring (bicyclic) bond motifs is 1. The summed E-state index contributed by atoms with van der Waals surface area (Å²) in [6.07, 6.45) is -2.76. The fraction of sp³-hybridized carbons (Fsp3) is 0.391. The maximum Gasteiger partial charge on any atom is 0.434 e. The molecule has 190 valence electrons. The molecule has 35 heavy (non-hydrogen) atoms. The van der Waals surface area contributed by atoms with Crippen molar-refractivity contribution in [3.63, 3.8) is 0 Å². The minimum Gasteiger partial charge on any atom is -0.382 e. The van der Waals surface area contributed by atoms with E-state index in [1.165, 1.54) is 10.5 Å². The number of pyridine rings is 1. The van der Waals surface area contributed by atoms with Crippen LogP contribution in [-0.2, 0) is 12.4 Å². The number of hydrogen-bond acceptors (Lipinski definition) is 4. The molecule has 1 atom stereocenters. The van der Waals surface area contributed by atoms with Crippen LogP contribution in [0.3, 0.4) is 0 Å². The van der Waals surface area contributed by atoms with Crippen LogP contribution in [0.25, 0.3) is 11.3 Å². The second-order valence-corrected chi connectivity index (χ2v) is 7.71.